The van der Waals surface area contributed by atoms with Gasteiger partial charge in [-0.3, -0.25) is 10.1 Å². The standard InChI is InChI=1S/C15H22N2O4/c1-4-15(2)10-11(7-8-21-15)16-13-6-5-12(17(18)19)9-14(13)20-3/h5-6,9,11,16H,4,7-8,10H2,1-3H3. The maximum Gasteiger partial charge on any atom is 0.273 e. The van der Waals surface area contributed by atoms with E-state index in [4.69, 9.17) is 9.47 Å². The van der Waals surface area contributed by atoms with Crippen molar-refractivity contribution in [2.75, 3.05) is 19.0 Å². The topological polar surface area (TPSA) is 73.6 Å². The number of ether oxygens (including phenoxy) is 2. The van der Waals surface area contributed by atoms with E-state index in [1.54, 1.807) is 6.07 Å². The van der Waals surface area contributed by atoms with Crippen molar-refractivity contribution in [2.24, 2.45) is 0 Å². The molecule has 0 amide bonds. The average Bonchev–Trinajstić information content (AvgIpc) is 2.47. The molecule has 1 aromatic carbocycles. The molecule has 1 aliphatic rings. The highest BCUT2D eigenvalue weighted by Crippen LogP contribution is 2.33. The van der Waals surface area contributed by atoms with Gasteiger partial charge < -0.3 is 14.8 Å². The molecular formula is C15H22N2O4. The minimum atomic E-state index is -0.422. The Labute approximate surface area is 124 Å². The number of nitrogens with one attached hydrogen (secondary N) is 1. The predicted octanol–water partition coefficient (Wildman–Crippen LogP) is 3.36. The maximum absolute atomic E-state index is 10.8. The minimum absolute atomic E-state index is 0.0303. The highest BCUT2D eigenvalue weighted by molar-refractivity contribution is 5.61. The summed E-state index contributed by atoms with van der Waals surface area (Å²) < 4.78 is 11.1. The first-order valence-corrected chi connectivity index (χ1v) is 7.20. The van der Waals surface area contributed by atoms with Crippen LogP contribution in [0.3, 0.4) is 0 Å². The van der Waals surface area contributed by atoms with Gasteiger partial charge in [-0.1, -0.05) is 6.92 Å². The summed E-state index contributed by atoms with van der Waals surface area (Å²) >= 11 is 0. The number of nitrogens with zero attached hydrogens (tertiary/aromatic N) is 1. The summed E-state index contributed by atoms with van der Waals surface area (Å²) in [6, 6.07) is 4.92. The van der Waals surface area contributed by atoms with Crippen LogP contribution in [0.5, 0.6) is 5.75 Å². The Morgan fingerprint density at radius 3 is 2.95 bits per heavy atom. The van der Waals surface area contributed by atoms with E-state index in [9.17, 15) is 10.1 Å². The molecule has 6 heteroatoms. The fourth-order valence-corrected chi connectivity index (χ4v) is 2.63. The van der Waals surface area contributed by atoms with Crippen molar-refractivity contribution in [3.05, 3.63) is 28.3 Å². The Kier molecular flexibility index (Phi) is 4.67. The Morgan fingerprint density at radius 1 is 1.57 bits per heavy atom. The second-order valence-corrected chi connectivity index (χ2v) is 5.63. The third kappa shape index (κ3) is 3.64. The molecule has 2 rings (SSSR count). The molecule has 1 fully saturated rings. The quantitative estimate of drug-likeness (QED) is 0.666. The van der Waals surface area contributed by atoms with E-state index in [2.05, 4.69) is 19.2 Å². The van der Waals surface area contributed by atoms with Crippen LogP contribution in [0.4, 0.5) is 11.4 Å². The molecule has 1 aliphatic heterocycles. The van der Waals surface area contributed by atoms with E-state index in [0.29, 0.717) is 5.75 Å². The van der Waals surface area contributed by atoms with Crippen LogP contribution >= 0.6 is 0 Å². The number of nitro benzene ring substituents is 1. The molecule has 2 atom stereocenters. The van der Waals surface area contributed by atoms with Crippen LogP contribution in [0.25, 0.3) is 0 Å². The molecule has 2 unspecified atom stereocenters. The molecule has 0 radical (unpaired) electrons. The first-order valence-electron chi connectivity index (χ1n) is 7.20. The van der Waals surface area contributed by atoms with Gasteiger partial charge >= 0.3 is 0 Å². The molecule has 0 bridgehead atoms. The van der Waals surface area contributed by atoms with Gasteiger partial charge in [0.25, 0.3) is 5.69 Å². The largest absolute Gasteiger partial charge is 0.494 e. The van der Waals surface area contributed by atoms with Crippen molar-refractivity contribution in [3.63, 3.8) is 0 Å². The summed E-state index contributed by atoms with van der Waals surface area (Å²) in [5.41, 5.74) is 0.709. The fourth-order valence-electron chi connectivity index (χ4n) is 2.63. The molecule has 116 valence electrons. The van der Waals surface area contributed by atoms with E-state index in [1.165, 1.54) is 19.2 Å². The highest BCUT2D eigenvalue weighted by Gasteiger charge is 2.32. The number of hydrogen-bond acceptors (Lipinski definition) is 5. The van der Waals surface area contributed by atoms with Crippen molar-refractivity contribution in [1.82, 2.24) is 0 Å². The second-order valence-electron chi connectivity index (χ2n) is 5.63. The average molecular weight is 294 g/mol. The van der Waals surface area contributed by atoms with Crippen molar-refractivity contribution in [3.8, 4) is 5.75 Å². The lowest BCUT2D eigenvalue weighted by Gasteiger charge is -2.38. The normalized spacial score (nSPS) is 25.4. The van der Waals surface area contributed by atoms with Crippen LogP contribution in [0.2, 0.25) is 0 Å². The zero-order valence-corrected chi connectivity index (χ0v) is 12.7. The van der Waals surface area contributed by atoms with E-state index >= 15 is 0 Å². The Balaban J connectivity index is 2.13. The molecule has 1 N–H and O–H groups in total. The lowest BCUT2D eigenvalue weighted by atomic mass is 9.90. The number of benzene rings is 1. The molecule has 0 saturated carbocycles. The summed E-state index contributed by atoms with van der Waals surface area (Å²) in [5.74, 6) is 0.494. The zero-order chi connectivity index (χ0) is 15.5. The molecule has 1 heterocycles. The van der Waals surface area contributed by atoms with Crippen LogP contribution in [-0.4, -0.2) is 30.3 Å². The van der Waals surface area contributed by atoms with E-state index in [1.807, 2.05) is 0 Å². The van der Waals surface area contributed by atoms with Gasteiger partial charge in [0, 0.05) is 18.7 Å². The zero-order valence-electron chi connectivity index (χ0n) is 12.7. The van der Waals surface area contributed by atoms with Gasteiger partial charge in [-0.2, -0.15) is 0 Å². The third-order valence-electron chi connectivity index (χ3n) is 4.10. The molecule has 1 saturated heterocycles. The predicted molar refractivity (Wildman–Crippen MR) is 80.9 cm³/mol. The number of methoxy groups -OCH3 is 1. The summed E-state index contributed by atoms with van der Waals surface area (Å²) in [6.45, 7) is 4.96. The Bertz CT molecular complexity index is 520. The van der Waals surface area contributed by atoms with Gasteiger partial charge in [-0.15, -0.1) is 0 Å². The summed E-state index contributed by atoms with van der Waals surface area (Å²) in [6.07, 6.45) is 2.78. The van der Waals surface area contributed by atoms with Gasteiger partial charge in [0.15, 0.2) is 0 Å². The number of nitro groups is 1. The summed E-state index contributed by atoms with van der Waals surface area (Å²) in [7, 11) is 1.52. The molecule has 21 heavy (non-hydrogen) atoms. The van der Waals surface area contributed by atoms with Crippen LogP contribution in [0.1, 0.15) is 33.1 Å². The molecule has 0 spiro atoms. The molecule has 6 nitrogen and oxygen atoms in total. The highest BCUT2D eigenvalue weighted by atomic mass is 16.6. The van der Waals surface area contributed by atoms with Crippen LogP contribution in [0, 0.1) is 10.1 Å². The van der Waals surface area contributed by atoms with E-state index < -0.39 is 4.92 Å². The first kappa shape index (κ1) is 15.6. The number of non-ortho nitro benzene ring substituents is 1. The number of anilines is 1. The molecule has 0 aromatic heterocycles. The SMILES string of the molecule is CCC1(C)CC(Nc2ccc([N+](=O)[O-])cc2OC)CCO1. The van der Waals surface area contributed by atoms with Crippen molar-refractivity contribution in [1.29, 1.82) is 0 Å². The number of rotatable bonds is 5. The number of hydrogen-bond donors (Lipinski definition) is 1. The third-order valence-corrected chi connectivity index (χ3v) is 4.10. The summed E-state index contributed by atoms with van der Waals surface area (Å²) in [4.78, 5) is 10.4. The van der Waals surface area contributed by atoms with Crippen molar-refractivity contribution < 1.29 is 14.4 Å². The lowest BCUT2D eigenvalue weighted by Crippen LogP contribution is -2.41. The van der Waals surface area contributed by atoms with Crippen LogP contribution in [0.15, 0.2) is 18.2 Å². The van der Waals surface area contributed by atoms with Gasteiger partial charge in [0.05, 0.1) is 29.4 Å². The smallest absolute Gasteiger partial charge is 0.273 e. The second kappa shape index (κ2) is 6.30. The van der Waals surface area contributed by atoms with Gasteiger partial charge in [-0.25, -0.2) is 0 Å². The maximum atomic E-state index is 10.8. The van der Waals surface area contributed by atoms with E-state index in [0.717, 1.165) is 31.6 Å². The molecule has 0 aliphatic carbocycles. The fraction of sp³-hybridized carbons (Fsp3) is 0.600. The van der Waals surface area contributed by atoms with Gasteiger partial charge in [0.2, 0.25) is 0 Å². The minimum Gasteiger partial charge on any atom is -0.494 e. The Hall–Kier alpha value is -1.82. The van der Waals surface area contributed by atoms with E-state index in [-0.39, 0.29) is 17.3 Å². The van der Waals surface area contributed by atoms with Crippen molar-refractivity contribution >= 4 is 11.4 Å². The van der Waals surface area contributed by atoms with Crippen molar-refractivity contribution in [2.45, 2.75) is 44.8 Å². The van der Waals surface area contributed by atoms with Crippen LogP contribution < -0.4 is 10.1 Å². The van der Waals surface area contributed by atoms with Gasteiger partial charge in [0.1, 0.15) is 5.75 Å². The van der Waals surface area contributed by atoms with Gasteiger partial charge in [-0.05, 0) is 32.3 Å². The molecule has 1 aromatic rings. The van der Waals surface area contributed by atoms with Crippen LogP contribution in [-0.2, 0) is 4.74 Å². The first-order chi connectivity index (χ1) is 9.97. The monoisotopic (exact) mass is 294 g/mol. The summed E-state index contributed by atoms with van der Waals surface area (Å²) in [5, 5.41) is 14.2. The molecular weight excluding hydrogens is 272 g/mol. The Morgan fingerprint density at radius 2 is 2.33 bits per heavy atom. The lowest BCUT2D eigenvalue weighted by molar-refractivity contribution is -0.384.